The Labute approximate surface area is 254 Å². The number of para-hydroxylation sites is 1. The van der Waals surface area contributed by atoms with E-state index in [4.69, 9.17) is 11.6 Å². The molecule has 224 valence electrons. The highest BCUT2D eigenvalue weighted by Crippen LogP contribution is 2.31. The van der Waals surface area contributed by atoms with Gasteiger partial charge in [-0.1, -0.05) is 97.4 Å². The van der Waals surface area contributed by atoms with Gasteiger partial charge in [-0.25, -0.2) is 8.42 Å². The SMILES string of the molecule is CC[C@@H](C(=O)NC1CCCCC1)N(Cc1cccc(C)c1)C(=O)CN(c1ccccc1Cl)S(=O)(=O)c1ccc(C)cc1. The first-order valence-electron chi connectivity index (χ1n) is 14.6. The molecule has 0 heterocycles. The van der Waals surface area contributed by atoms with Gasteiger partial charge in [0.1, 0.15) is 12.6 Å². The largest absolute Gasteiger partial charge is 0.352 e. The van der Waals surface area contributed by atoms with E-state index in [-0.39, 0.29) is 34.1 Å². The summed E-state index contributed by atoms with van der Waals surface area (Å²) in [5.41, 5.74) is 2.99. The number of rotatable bonds is 11. The fourth-order valence-electron chi connectivity index (χ4n) is 5.48. The number of nitrogens with zero attached hydrogens (tertiary/aromatic N) is 2. The first kappa shape index (κ1) is 31.6. The molecule has 0 unspecified atom stereocenters. The van der Waals surface area contributed by atoms with Crippen molar-refractivity contribution in [3.05, 3.63) is 94.5 Å². The Bertz CT molecular complexity index is 1490. The fraction of sp³-hybridized carbons (Fsp3) is 0.394. The van der Waals surface area contributed by atoms with Crippen LogP contribution < -0.4 is 9.62 Å². The number of hydrogen-bond donors (Lipinski definition) is 1. The lowest BCUT2D eigenvalue weighted by Gasteiger charge is -2.34. The summed E-state index contributed by atoms with van der Waals surface area (Å²) in [5, 5.41) is 3.37. The van der Waals surface area contributed by atoms with Crippen molar-refractivity contribution in [3.8, 4) is 0 Å². The highest BCUT2D eigenvalue weighted by molar-refractivity contribution is 7.92. The van der Waals surface area contributed by atoms with Crippen LogP contribution in [0.1, 0.15) is 62.1 Å². The molecule has 0 aromatic heterocycles. The normalized spacial score (nSPS) is 14.7. The molecule has 0 aliphatic heterocycles. The van der Waals surface area contributed by atoms with Crippen LogP contribution in [0.25, 0.3) is 0 Å². The van der Waals surface area contributed by atoms with E-state index >= 15 is 0 Å². The van der Waals surface area contributed by atoms with E-state index in [0.29, 0.717) is 6.42 Å². The van der Waals surface area contributed by atoms with Crippen molar-refractivity contribution >= 4 is 39.1 Å². The monoisotopic (exact) mass is 609 g/mol. The van der Waals surface area contributed by atoms with Gasteiger partial charge in [-0.3, -0.25) is 13.9 Å². The van der Waals surface area contributed by atoms with Crippen molar-refractivity contribution in [1.82, 2.24) is 10.2 Å². The van der Waals surface area contributed by atoms with Gasteiger partial charge in [0.2, 0.25) is 11.8 Å². The van der Waals surface area contributed by atoms with Gasteiger partial charge in [-0.05, 0) is 62.9 Å². The summed E-state index contributed by atoms with van der Waals surface area (Å²) in [5.74, 6) is -0.700. The van der Waals surface area contributed by atoms with Gasteiger partial charge in [0.15, 0.2) is 0 Å². The molecule has 1 saturated carbocycles. The standard InChI is InChI=1S/C33H40ClN3O4S/c1-4-30(33(39)35-27-13-6-5-7-14-27)36(22-26-12-10-11-25(3)21-26)32(38)23-37(31-16-9-8-15-29(31)34)42(40,41)28-19-17-24(2)18-20-28/h8-12,15-21,27,30H,4-7,13-14,22-23H2,1-3H3,(H,35,39)/t30-/m0/s1. The van der Waals surface area contributed by atoms with E-state index in [1.165, 1.54) is 17.0 Å². The molecular formula is C33H40ClN3O4S. The third kappa shape index (κ3) is 7.72. The van der Waals surface area contributed by atoms with Gasteiger partial charge >= 0.3 is 0 Å². The Morgan fingerprint density at radius 2 is 1.62 bits per heavy atom. The van der Waals surface area contributed by atoms with Crippen molar-refractivity contribution in [2.24, 2.45) is 0 Å². The number of sulfonamides is 1. The molecular weight excluding hydrogens is 570 g/mol. The van der Waals surface area contributed by atoms with E-state index < -0.39 is 28.5 Å². The summed E-state index contributed by atoms with van der Waals surface area (Å²) >= 11 is 6.50. The minimum Gasteiger partial charge on any atom is -0.352 e. The molecule has 1 aliphatic carbocycles. The average Bonchev–Trinajstić information content (AvgIpc) is 2.97. The van der Waals surface area contributed by atoms with Crippen LogP contribution in [0, 0.1) is 13.8 Å². The van der Waals surface area contributed by atoms with Crippen molar-refractivity contribution in [2.75, 3.05) is 10.8 Å². The highest BCUT2D eigenvalue weighted by Gasteiger charge is 2.35. The van der Waals surface area contributed by atoms with Crippen LogP contribution in [0.15, 0.2) is 77.7 Å². The van der Waals surface area contributed by atoms with Gasteiger partial charge in [0.05, 0.1) is 15.6 Å². The van der Waals surface area contributed by atoms with Crippen LogP contribution in [-0.2, 0) is 26.2 Å². The molecule has 9 heteroatoms. The quantitative estimate of drug-likeness (QED) is 0.272. The highest BCUT2D eigenvalue weighted by atomic mass is 35.5. The second kappa shape index (κ2) is 14.2. The van der Waals surface area contributed by atoms with Crippen LogP contribution in [0.4, 0.5) is 5.69 Å². The Kier molecular flexibility index (Phi) is 10.7. The lowest BCUT2D eigenvalue weighted by atomic mass is 9.95. The third-order valence-corrected chi connectivity index (χ3v) is 9.88. The molecule has 4 rings (SSSR count). The van der Waals surface area contributed by atoms with E-state index in [9.17, 15) is 18.0 Å². The maximum atomic E-state index is 14.3. The molecule has 1 N–H and O–H groups in total. The summed E-state index contributed by atoms with van der Waals surface area (Å²) < 4.78 is 29.1. The Balaban J connectivity index is 1.71. The molecule has 3 aromatic rings. The minimum absolute atomic E-state index is 0.0492. The van der Waals surface area contributed by atoms with Gasteiger partial charge in [-0.15, -0.1) is 0 Å². The first-order chi connectivity index (χ1) is 20.1. The Morgan fingerprint density at radius 3 is 2.26 bits per heavy atom. The molecule has 0 saturated heterocycles. The van der Waals surface area contributed by atoms with E-state index in [1.807, 2.05) is 45.0 Å². The first-order valence-corrected chi connectivity index (χ1v) is 16.4. The molecule has 7 nitrogen and oxygen atoms in total. The summed E-state index contributed by atoms with van der Waals surface area (Å²) in [6.45, 7) is 5.36. The number of benzene rings is 3. The van der Waals surface area contributed by atoms with Crippen LogP contribution in [-0.4, -0.2) is 43.8 Å². The van der Waals surface area contributed by atoms with Gasteiger partial charge in [0.25, 0.3) is 10.0 Å². The second-order valence-electron chi connectivity index (χ2n) is 11.1. The third-order valence-electron chi connectivity index (χ3n) is 7.78. The second-order valence-corrected chi connectivity index (χ2v) is 13.3. The molecule has 0 bridgehead atoms. The fourth-order valence-corrected chi connectivity index (χ4v) is 7.20. The smallest absolute Gasteiger partial charge is 0.264 e. The Hall–Kier alpha value is -3.36. The van der Waals surface area contributed by atoms with Gasteiger partial charge in [-0.2, -0.15) is 0 Å². The molecule has 0 radical (unpaired) electrons. The maximum Gasteiger partial charge on any atom is 0.264 e. The van der Waals surface area contributed by atoms with Crippen molar-refractivity contribution < 1.29 is 18.0 Å². The number of hydrogen-bond acceptors (Lipinski definition) is 4. The minimum atomic E-state index is -4.18. The number of halogens is 1. The van der Waals surface area contributed by atoms with Crippen molar-refractivity contribution in [1.29, 1.82) is 0 Å². The molecule has 3 aromatic carbocycles. The topological polar surface area (TPSA) is 86.8 Å². The van der Waals surface area contributed by atoms with E-state index in [0.717, 1.165) is 53.1 Å². The number of carbonyl (C=O) groups is 2. The maximum absolute atomic E-state index is 14.3. The molecule has 1 atom stereocenters. The van der Waals surface area contributed by atoms with Crippen LogP contribution in [0.2, 0.25) is 5.02 Å². The van der Waals surface area contributed by atoms with Crippen molar-refractivity contribution in [3.63, 3.8) is 0 Å². The van der Waals surface area contributed by atoms with E-state index in [1.54, 1.807) is 36.4 Å². The number of anilines is 1. The molecule has 1 aliphatic rings. The molecule has 1 fully saturated rings. The summed E-state index contributed by atoms with van der Waals surface area (Å²) in [6, 6.07) is 20.1. The average molecular weight is 610 g/mol. The van der Waals surface area contributed by atoms with Crippen molar-refractivity contribution in [2.45, 2.75) is 82.8 Å². The molecule has 42 heavy (non-hydrogen) atoms. The van der Waals surface area contributed by atoms with Crippen LogP contribution in [0.5, 0.6) is 0 Å². The predicted octanol–water partition coefficient (Wildman–Crippen LogP) is 6.41. The van der Waals surface area contributed by atoms with Crippen LogP contribution >= 0.6 is 11.6 Å². The zero-order chi connectivity index (χ0) is 30.3. The van der Waals surface area contributed by atoms with Gasteiger partial charge in [0, 0.05) is 12.6 Å². The molecule has 2 amide bonds. The zero-order valence-electron chi connectivity index (χ0n) is 24.6. The lowest BCUT2D eigenvalue weighted by molar-refractivity contribution is -0.140. The number of amides is 2. The number of carbonyl (C=O) groups excluding carboxylic acids is 2. The van der Waals surface area contributed by atoms with Crippen LogP contribution in [0.3, 0.4) is 0 Å². The summed E-state index contributed by atoms with van der Waals surface area (Å²) in [7, 11) is -4.18. The number of aryl methyl sites for hydroxylation is 2. The molecule has 0 spiro atoms. The summed E-state index contributed by atoms with van der Waals surface area (Å²) in [6.07, 6.45) is 5.52. The predicted molar refractivity (Wildman–Crippen MR) is 168 cm³/mol. The van der Waals surface area contributed by atoms with Gasteiger partial charge < -0.3 is 10.2 Å². The zero-order valence-corrected chi connectivity index (χ0v) is 26.1. The lowest BCUT2D eigenvalue weighted by Crippen LogP contribution is -2.54. The summed E-state index contributed by atoms with van der Waals surface area (Å²) in [4.78, 5) is 29.5. The Morgan fingerprint density at radius 1 is 0.929 bits per heavy atom. The number of nitrogens with one attached hydrogen (secondary N) is 1. The van der Waals surface area contributed by atoms with E-state index in [2.05, 4.69) is 5.32 Å².